The highest BCUT2D eigenvalue weighted by Crippen LogP contribution is 2.32. The van der Waals surface area contributed by atoms with Gasteiger partial charge in [-0.15, -0.1) is 12.4 Å². The van der Waals surface area contributed by atoms with Crippen LogP contribution in [0.1, 0.15) is 25.3 Å². The lowest BCUT2D eigenvalue weighted by Crippen LogP contribution is -2.42. The topological polar surface area (TPSA) is 64.3 Å². The van der Waals surface area contributed by atoms with Gasteiger partial charge < -0.3 is 15.8 Å². The molecule has 1 fully saturated rings. The molecular weight excluding hydrogens is 252 g/mol. The molecule has 1 amide bonds. The van der Waals surface area contributed by atoms with Gasteiger partial charge in [-0.3, -0.25) is 4.79 Å². The van der Waals surface area contributed by atoms with Crippen LogP contribution in [0, 0.1) is 0 Å². The van der Waals surface area contributed by atoms with Gasteiger partial charge in [0.2, 0.25) is 5.91 Å². The van der Waals surface area contributed by atoms with Gasteiger partial charge in [-0.2, -0.15) is 0 Å². The molecule has 0 radical (unpaired) electrons. The molecule has 3 N–H and O–H groups in total. The zero-order valence-electron chi connectivity index (χ0n) is 10.4. The monoisotopic (exact) mass is 270 g/mol. The average Bonchev–Trinajstić information content (AvgIpc) is 3.07. The minimum Gasteiger partial charge on any atom is -0.494 e. The second-order valence-corrected chi connectivity index (χ2v) is 4.42. The van der Waals surface area contributed by atoms with E-state index in [0.29, 0.717) is 13.2 Å². The number of hydrogen-bond acceptors (Lipinski definition) is 3. The van der Waals surface area contributed by atoms with Crippen LogP contribution in [0.3, 0.4) is 0 Å². The van der Waals surface area contributed by atoms with Crippen LogP contribution < -0.4 is 15.8 Å². The van der Waals surface area contributed by atoms with Gasteiger partial charge in [-0.1, -0.05) is 12.1 Å². The lowest BCUT2D eigenvalue weighted by Gasteiger charge is -2.11. The normalized spacial score (nSPS) is 15.4. The number of hydrogen-bond donors (Lipinski definition) is 2. The van der Waals surface area contributed by atoms with E-state index in [1.807, 2.05) is 31.2 Å². The van der Waals surface area contributed by atoms with Crippen LogP contribution in [0.4, 0.5) is 0 Å². The molecule has 100 valence electrons. The van der Waals surface area contributed by atoms with Crippen LogP contribution >= 0.6 is 12.4 Å². The Morgan fingerprint density at radius 2 is 2.22 bits per heavy atom. The summed E-state index contributed by atoms with van der Waals surface area (Å²) in [5.41, 5.74) is 6.22. The van der Waals surface area contributed by atoms with Gasteiger partial charge in [-0.25, -0.2) is 0 Å². The van der Waals surface area contributed by atoms with E-state index in [-0.39, 0.29) is 18.3 Å². The minimum absolute atomic E-state index is 0. The number of benzene rings is 1. The third kappa shape index (κ3) is 3.62. The van der Waals surface area contributed by atoms with E-state index >= 15 is 0 Å². The van der Waals surface area contributed by atoms with E-state index < -0.39 is 5.54 Å². The van der Waals surface area contributed by atoms with E-state index in [2.05, 4.69) is 5.32 Å². The van der Waals surface area contributed by atoms with Crippen LogP contribution in [0.25, 0.3) is 0 Å². The Balaban J connectivity index is 0.00000162. The highest BCUT2D eigenvalue weighted by molar-refractivity contribution is 5.88. The molecule has 1 saturated carbocycles. The first-order valence-corrected chi connectivity index (χ1v) is 5.93. The number of amides is 1. The van der Waals surface area contributed by atoms with Crippen molar-refractivity contribution in [3.8, 4) is 5.75 Å². The summed E-state index contributed by atoms with van der Waals surface area (Å²) in [6.45, 7) is 3.08. The zero-order chi connectivity index (χ0) is 12.3. The van der Waals surface area contributed by atoms with Gasteiger partial charge in [0.15, 0.2) is 0 Å². The Kier molecular flexibility index (Phi) is 4.99. The van der Waals surface area contributed by atoms with Crippen LogP contribution in [0.5, 0.6) is 5.75 Å². The Labute approximate surface area is 113 Å². The molecule has 0 atom stereocenters. The maximum atomic E-state index is 11.6. The molecule has 4 nitrogen and oxygen atoms in total. The fraction of sp³-hybridized carbons (Fsp3) is 0.462. The quantitative estimate of drug-likeness (QED) is 0.854. The van der Waals surface area contributed by atoms with E-state index in [4.69, 9.17) is 10.5 Å². The molecule has 5 heteroatoms. The van der Waals surface area contributed by atoms with Crippen molar-refractivity contribution in [2.75, 3.05) is 6.61 Å². The van der Waals surface area contributed by atoms with Crippen molar-refractivity contribution in [3.05, 3.63) is 29.8 Å². The molecule has 0 aromatic heterocycles. The maximum Gasteiger partial charge on any atom is 0.240 e. The van der Waals surface area contributed by atoms with Crippen molar-refractivity contribution in [2.24, 2.45) is 5.73 Å². The summed E-state index contributed by atoms with van der Waals surface area (Å²) in [6, 6.07) is 7.71. The van der Waals surface area contributed by atoms with Crippen molar-refractivity contribution in [3.63, 3.8) is 0 Å². The number of halogens is 1. The highest BCUT2D eigenvalue weighted by atomic mass is 35.5. The smallest absolute Gasteiger partial charge is 0.240 e. The van der Waals surface area contributed by atoms with E-state index in [0.717, 1.165) is 24.2 Å². The molecule has 1 aromatic rings. The molecule has 0 heterocycles. The van der Waals surface area contributed by atoms with Crippen LogP contribution in [-0.2, 0) is 11.3 Å². The predicted octanol–water partition coefficient (Wildman–Crippen LogP) is 1.61. The molecule has 0 aliphatic heterocycles. The number of ether oxygens (including phenoxy) is 1. The van der Waals surface area contributed by atoms with Crippen LogP contribution in [-0.4, -0.2) is 18.1 Å². The van der Waals surface area contributed by atoms with Crippen molar-refractivity contribution in [1.82, 2.24) is 5.32 Å². The second kappa shape index (κ2) is 6.07. The first-order chi connectivity index (χ1) is 8.14. The largest absolute Gasteiger partial charge is 0.494 e. The van der Waals surface area contributed by atoms with Gasteiger partial charge in [0.05, 0.1) is 12.1 Å². The Bertz CT molecular complexity index is 419. The average molecular weight is 271 g/mol. The number of rotatable bonds is 5. The Morgan fingerprint density at radius 1 is 1.50 bits per heavy atom. The first kappa shape index (κ1) is 14.8. The molecule has 0 bridgehead atoms. The molecule has 1 aliphatic rings. The van der Waals surface area contributed by atoms with Gasteiger partial charge in [-0.05, 0) is 37.5 Å². The molecule has 0 saturated heterocycles. The van der Waals surface area contributed by atoms with Gasteiger partial charge in [0.1, 0.15) is 5.75 Å². The molecular formula is C13H19ClN2O2. The number of carbonyl (C=O) groups excluding carboxylic acids is 1. The zero-order valence-corrected chi connectivity index (χ0v) is 11.3. The molecule has 1 aliphatic carbocycles. The summed E-state index contributed by atoms with van der Waals surface area (Å²) >= 11 is 0. The third-order valence-corrected chi connectivity index (χ3v) is 2.90. The first-order valence-electron chi connectivity index (χ1n) is 5.93. The number of carbonyl (C=O) groups is 1. The summed E-state index contributed by atoms with van der Waals surface area (Å²) in [6.07, 6.45) is 1.58. The number of nitrogens with one attached hydrogen (secondary N) is 1. The van der Waals surface area contributed by atoms with Crippen LogP contribution in [0.2, 0.25) is 0 Å². The van der Waals surface area contributed by atoms with Crippen molar-refractivity contribution < 1.29 is 9.53 Å². The minimum atomic E-state index is -0.600. The van der Waals surface area contributed by atoms with E-state index in [1.54, 1.807) is 0 Å². The standard InChI is InChI=1S/C13H18N2O2.ClH/c1-2-17-11-5-3-4-10(8-11)9-15-12(16)13(14)6-7-13;/h3-5,8H,2,6-7,9,14H2,1H3,(H,15,16);1H. The second-order valence-electron chi connectivity index (χ2n) is 4.42. The molecule has 1 aromatic carbocycles. The van der Waals surface area contributed by atoms with E-state index in [9.17, 15) is 4.79 Å². The van der Waals surface area contributed by atoms with E-state index in [1.165, 1.54) is 0 Å². The van der Waals surface area contributed by atoms with Crippen molar-refractivity contribution in [1.29, 1.82) is 0 Å². The third-order valence-electron chi connectivity index (χ3n) is 2.90. The number of nitrogens with two attached hydrogens (primary N) is 1. The Morgan fingerprint density at radius 3 is 2.83 bits per heavy atom. The molecule has 0 spiro atoms. The van der Waals surface area contributed by atoms with Gasteiger partial charge in [0, 0.05) is 6.54 Å². The predicted molar refractivity (Wildman–Crippen MR) is 72.9 cm³/mol. The SMILES string of the molecule is CCOc1cccc(CNC(=O)C2(N)CC2)c1.Cl. The molecule has 0 unspecified atom stereocenters. The lowest BCUT2D eigenvalue weighted by molar-refractivity contribution is -0.123. The summed E-state index contributed by atoms with van der Waals surface area (Å²) in [5, 5.41) is 2.85. The Hall–Kier alpha value is -1.26. The summed E-state index contributed by atoms with van der Waals surface area (Å²) in [5.74, 6) is 0.771. The summed E-state index contributed by atoms with van der Waals surface area (Å²) < 4.78 is 5.40. The van der Waals surface area contributed by atoms with Gasteiger partial charge in [0.25, 0.3) is 0 Å². The highest BCUT2D eigenvalue weighted by Gasteiger charge is 2.45. The van der Waals surface area contributed by atoms with Gasteiger partial charge >= 0.3 is 0 Å². The van der Waals surface area contributed by atoms with Crippen molar-refractivity contribution in [2.45, 2.75) is 31.8 Å². The fourth-order valence-electron chi connectivity index (χ4n) is 1.63. The van der Waals surface area contributed by atoms with Crippen LogP contribution in [0.15, 0.2) is 24.3 Å². The lowest BCUT2D eigenvalue weighted by atomic mass is 10.2. The summed E-state index contributed by atoms with van der Waals surface area (Å²) in [4.78, 5) is 11.6. The van der Waals surface area contributed by atoms with Crippen molar-refractivity contribution >= 4 is 18.3 Å². The molecule has 18 heavy (non-hydrogen) atoms. The summed E-state index contributed by atoms with van der Waals surface area (Å²) in [7, 11) is 0. The maximum absolute atomic E-state index is 11.6. The molecule has 2 rings (SSSR count). The fourth-order valence-corrected chi connectivity index (χ4v) is 1.63.